The molecular weight excluding hydrogens is 248 g/mol. The molecule has 0 saturated heterocycles. The second kappa shape index (κ2) is 16.6. The van der Waals surface area contributed by atoms with E-state index in [4.69, 9.17) is 5.11 Å². The highest BCUT2D eigenvalue weighted by molar-refractivity contribution is 4.70. The molecule has 0 saturated carbocycles. The predicted molar refractivity (Wildman–Crippen MR) is 88.1 cm³/mol. The highest BCUT2D eigenvalue weighted by atomic mass is 16.3. The fraction of sp³-hybridized carbons (Fsp3) is 0.889. The number of hydrogen-bond acceptors (Lipinski definition) is 2. The maximum atomic E-state index is 9.89. The van der Waals surface area contributed by atoms with Crippen LogP contribution in [0.2, 0.25) is 0 Å². The molecule has 0 aliphatic heterocycles. The summed E-state index contributed by atoms with van der Waals surface area (Å²) in [5.41, 5.74) is 0. The average molecular weight is 284 g/mol. The van der Waals surface area contributed by atoms with Crippen LogP contribution in [-0.4, -0.2) is 16.3 Å². The van der Waals surface area contributed by atoms with Crippen LogP contribution in [0.15, 0.2) is 12.3 Å². The molecule has 0 aromatic carbocycles. The Hall–Kier alpha value is -0.500. The van der Waals surface area contributed by atoms with Crippen LogP contribution in [0.3, 0.4) is 0 Å². The molecule has 0 bridgehead atoms. The molecule has 0 fully saturated rings. The van der Waals surface area contributed by atoms with E-state index in [1.54, 1.807) is 6.08 Å². The summed E-state index contributed by atoms with van der Waals surface area (Å²) in [6, 6.07) is 0. The van der Waals surface area contributed by atoms with Gasteiger partial charge in [0.1, 0.15) is 0 Å². The normalized spacial score (nSPS) is 13.1. The lowest BCUT2D eigenvalue weighted by Crippen LogP contribution is -2.05. The Kier molecular flexibility index (Phi) is 16.1. The van der Waals surface area contributed by atoms with E-state index >= 15 is 0 Å². The van der Waals surface area contributed by atoms with Crippen molar-refractivity contribution in [1.82, 2.24) is 0 Å². The zero-order valence-electron chi connectivity index (χ0n) is 13.5. The molecule has 0 aromatic rings. The van der Waals surface area contributed by atoms with Crippen LogP contribution in [0.4, 0.5) is 0 Å². The number of allylic oxidation sites excluding steroid dienone is 1. The summed E-state index contributed by atoms with van der Waals surface area (Å²) in [4.78, 5) is 0. The average Bonchev–Trinajstić information content (AvgIpc) is 2.45. The molecule has 0 amide bonds. The Morgan fingerprint density at radius 3 is 1.80 bits per heavy atom. The zero-order valence-corrected chi connectivity index (χ0v) is 13.5. The van der Waals surface area contributed by atoms with Gasteiger partial charge < -0.3 is 10.2 Å². The highest BCUT2D eigenvalue weighted by Crippen LogP contribution is 2.14. The van der Waals surface area contributed by atoms with Crippen LogP contribution in [0, 0.1) is 0 Å². The molecule has 0 aromatic heterocycles. The van der Waals surface area contributed by atoms with E-state index in [0.29, 0.717) is 0 Å². The lowest BCUT2D eigenvalue weighted by Gasteiger charge is -2.10. The summed E-state index contributed by atoms with van der Waals surface area (Å²) in [7, 11) is 0. The van der Waals surface area contributed by atoms with Crippen LogP contribution in [-0.2, 0) is 0 Å². The SMILES string of the molecule is CCCCCCCCCC(O)CCCCCC/C=C/O. The fourth-order valence-corrected chi connectivity index (χ4v) is 2.55. The van der Waals surface area contributed by atoms with E-state index in [1.165, 1.54) is 57.8 Å². The van der Waals surface area contributed by atoms with Crippen molar-refractivity contribution in [3.05, 3.63) is 12.3 Å². The van der Waals surface area contributed by atoms with E-state index in [9.17, 15) is 5.11 Å². The van der Waals surface area contributed by atoms with Crippen molar-refractivity contribution in [3.8, 4) is 0 Å². The first-order valence-corrected chi connectivity index (χ1v) is 8.78. The molecule has 0 spiro atoms. The van der Waals surface area contributed by atoms with Crippen LogP contribution in [0.25, 0.3) is 0 Å². The summed E-state index contributed by atoms with van der Waals surface area (Å²) in [6.45, 7) is 2.25. The molecule has 0 radical (unpaired) electrons. The van der Waals surface area contributed by atoms with Gasteiger partial charge in [-0.05, 0) is 25.7 Å². The van der Waals surface area contributed by atoms with E-state index in [0.717, 1.165) is 38.4 Å². The van der Waals surface area contributed by atoms with Crippen molar-refractivity contribution in [2.45, 2.75) is 103 Å². The van der Waals surface area contributed by atoms with Gasteiger partial charge >= 0.3 is 0 Å². The summed E-state index contributed by atoms with van der Waals surface area (Å²) in [5.74, 6) is 0. The van der Waals surface area contributed by atoms with Gasteiger partial charge in [-0.25, -0.2) is 0 Å². The van der Waals surface area contributed by atoms with Crippen LogP contribution < -0.4 is 0 Å². The molecule has 120 valence electrons. The van der Waals surface area contributed by atoms with Gasteiger partial charge in [-0.2, -0.15) is 0 Å². The van der Waals surface area contributed by atoms with E-state index < -0.39 is 0 Å². The van der Waals surface area contributed by atoms with Crippen molar-refractivity contribution in [1.29, 1.82) is 0 Å². The summed E-state index contributed by atoms with van der Waals surface area (Å²) < 4.78 is 0. The van der Waals surface area contributed by atoms with E-state index in [-0.39, 0.29) is 6.10 Å². The minimum absolute atomic E-state index is 0.0806. The molecule has 1 unspecified atom stereocenters. The molecule has 1 atom stereocenters. The van der Waals surface area contributed by atoms with Crippen molar-refractivity contribution >= 4 is 0 Å². The predicted octanol–water partition coefficient (Wildman–Crippen LogP) is 5.90. The molecule has 0 aliphatic rings. The van der Waals surface area contributed by atoms with Crippen LogP contribution >= 0.6 is 0 Å². The van der Waals surface area contributed by atoms with Gasteiger partial charge in [0.15, 0.2) is 0 Å². The zero-order chi connectivity index (χ0) is 14.9. The van der Waals surface area contributed by atoms with Crippen molar-refractivity contribution in [2.24, 2.45) is 0 Å². The first kappa shape index (κ1) is 19.5. The molecule has 0 rings (SSSR count). The third-order valence-electron chi connectivity index (χ3n) is 3.90. The van der Waals surface area contributed by atoms with E-state index in [2.05, 4.69) is 6.92 Å². The molecule has 2 N–H and O–H groups in total. The van der Waals surface area contributed by atoms with Gasteiger partial charge in [-0.3, -0.25) is 0 Å². The van der Waals surface area contributed by atoms with Crippen molar-refractivity contribution in [2.75, 3.05) is 0 Å². The Morgan fingerprint density at radius 1 is 0.750 bits per heavy atom. The third-order valence-corrected chi connectivity index (χ3v) is 3.90. The van der Waals surface area contributed by atoms with Gasteiger partial charge in [-0.15, -0.1) is 0 Å². The lowest BCUT2D eigenvalue weighted by atomic mass is 10.0. The topological polar surface area (TPSA) is 40.5 Å². The smallest absolute Gasteiger partial charge is 0.0751 e. The minimum Gasteiger partial charge on any atom is -0.516 e. The number of aliphatic hydroxyl groups is 2. The first-order valence-electron chi connectivity index (χ1n) is 8.78. The molecule has 0 aliphatic carbocycles. The monoisotopic (exact) mass is 284 g/mol. The fourth-order valence-electron chi connectivity index (χ4n) is 2.55. The maximum Gasteiger partial charge on any atom is 0.0751 e. The Bertz CT molecular complexity index is 202. The minimum atomic E-state index is -0.0806. The third kappa shape index (κ3) is 15.6. The molecule has 0 heterocycles. The van der Waals surface area contributed by atoms with Crippen LogP contribution in [0.1, 0.15) is 96.8 Å². The summed E-state index contributed by atoms with van der Waals surface area (Å²) in [5, 5.41) is 18.4. The number of rotatable bonds is 15. The van der Waals surface area contributed by atoms with Gasteiger partial charge in [0.05, 0.1) is 12.4 Å². The van der Waals surface area contributed by atoms with Crippen molar-refractivity contribution in [3.63, 3.8) is 0 Å². The molecule has 20 heavy (non-hydrogen) atoms. The second-order valence-electron chi connectivity index (χ2n) is 5.94. The molecule has 2 nitrogen and oxygen atoms in total. The number of hydrogen-bond donors (Lipinski definition) is 2. The Morgan fingerprint density at radius 2 is 1.25 bits per heavy atom. The lowest BCUT2D eigenvalue weighted by molar-refractivity contribution is 0.147. The highest BCUT2D eigenvalue weighted by Gasteiger charge is 2.03. The van der Waals surface area contributed by atoms with Crippen LogP contribution in [0.5, 0.6) is 0 Å². The summed E-state index contributed by atoms with van der Waals surface area (Å²) >= 11 is 0. The van der Waals surface area contributed by atoms with Gasteiger partial charge in [0.2, 0.25) is 0 Å². The van der Waals surface area contributed by atoms with E-state index in [1.807, 2.05) is 0 Å². The first-order chi connectivity index (χ1) is 9.81. The number of unbranched alkanes of at least 4 members (excludes halogenated alkanes) is 10. The maximum absolute atomic E-state index is 9.89. The Labute approximate surface area is 126 Å². The quantitative estimate of drug-likeness (QED) is 0.290. The Balaban J connectivity index is 3.14. The van der Waals surface area contributed by atoms with Gasteiger partial charge in [-0.1, -0.05) is 77.2 Å². The van der Waals surface area contributed by atoms with Gasteiger partial charge in [0.25, 0.3) is 0 Å². The largest absolute Gasteiger partial charge is 0.516 e. The number of aliphatic hydroxyl groups excluding tert-OH is 2. The molecular formula is C18H36O2. The summed E-state index contributed by atoms with van der Waals surface area (Å²) in [6.07, 6.45) is 19.7. The molecule has 2 heteroatoms. The standard InChI is InChI=1S/C18H36O2/c1-2-3-4-5-6-9-12-15-18(20)16-13-10-7-8-11-14-17-19/h14,17-20H,2-13,15-16H2,1H3/b17-14+. The second-order valence-corrected chi connectivity index (χ2v) is 5.94. The van der Waals surface area contributed by atoms with Crippen molar-refractivity contribution < 1.29 is 10.2 Å². The van der Waals surface area contributed by atoms with Gasteiger partial charge in [0, 0.05) is 0 Å².